The van der Waals surface area contributed by atoms with Gasteiger partial charge >= 0.3 is 0 Å². The Bertz CT molecular complexity index is 356. The van der Waals surface area contributed by atoms with Gasteiger partial charge in [0.25, 0.3) is 0 Å². The number of fused-ring (bicyclic) bond motifs is 1. The van der Waals surface area contributed by atoms with Crippen molar-refractivity contribution in [2.75, 3.05) is 26.4 Å². The lowest BCUT2D eigenvalue weighted by Crippen LogP contribution is -2.21. The van der Waals surface area contributed by atoms with E-state index in [0.29, 0.717) is 19.3 Å². The smallest absolute Gasteiger partial charge is 0.0934 e. The Morgan fingerprint density at radius 2 is 2.41 bits per heavy atom. The summed E-state index contributed by atoms with van der Waals surface area (Å²) in [6.45, 7) is 2.20. The van der Waals surface area contributed by atoms with Crippen LogP contribution in [0.2, 0.25) is 4.34 Å². The van der Waals surface area contributed by atoms with Crippen molar-refractivity contribution in [3.63, 3.8) is 0 Å². The van der Waals surface area contributed by atoms with Gasteiger partial charge in [0.05, 0.1) is 17.6 Å². The molecule has 5 heteroatoms. The van der Waals surface area contributed by atoms with Crippen molar-refractivity contribution in [2.24, 2.45) is 0 Å². The van der Waals surface area contributed by atoms with E-state index in [1.54, 1.807) is 11.3 Å². The molecule has 0 saturated carbocycles. The van der Waals surface area contributed by atoms with E-state index < -0.39 is 0 Å². The van der Waals surface area contributed by atoms with Crippen LogP contribution in [0.5, 0.6) is 0 Å². The molecule has 1 aromatic heterocycles. The van der Waals surface area contributed by atoms with Gasteiger partial charge < -0.3 is 15.2 Å². The third-order valence-corrected chi connectivity index (χ3v) is 4.28. The number of aliphatic hydroxyl groups excluding tert-OH is 1. The lowest BCUT2D eigenvalue weighted by atomic mass is 10.2. The average Bonchev–Trinajstić information content (AvgIpc) is 2.83. The van der Waals surface area contributed by atoms with Crippen LogP contribution in [0.25, 0.3) is 0 Å². The Morgan fingerprint density at radius 3 is 3.24 bits per heavy atom. The zero-order valence-electron chi connectivity index (χ0n) is 9.75. The van der Waals surface area contributed by atoms with E-state index in [2.05, 4.69) is 11.4 Å². The van der Waals surface area contributed by atoms with Crippen molar-refractivity contribution in [1.29, 1.82) is 0 Å². The summed E-state index contributed by atoms with van der Waals surface area (Å²) in [5.41, 5.74) is 1.39. The van der Waals surface area contributed by atoms with Crippen molar-refractivity contribution in [3.8, 4) is 0 Å². The minimum atomic E-state index is 0.104. The lowest BCUT2D eigenvalue weighted by Gasteiger charge is -2.12. The lowest BCUT2D eigenvalue weighted by molar-refractivity contribution is 0.0904. The summed E-state index contributed by atoms with van der Waals surface area (Å²) in [5.74, 6) is 0. The van der Waals surface area contributed by atoms with Crippen molar-refractivity contribution in [3.05, 3.63) is 20.8 Å². The first-order chi connectivity index (χ1) is 8.31. The van der Waals surface area contributed by atoms with Crippen LogP contribution in [0, 0.1) is 0 Å². The second kappa shape index (κ2) is 6.71. The Balaban J connectivity index is 1.67. The largest absolute Gasteiger partial charge is 0.394 e. The second-order valence-corrected chi connectivity index (χ2v) is 5.93. The first-order valence-electron chi connectivity index (χ1n) is 6.01. The van der Waals surface area contributed by atoms with Gasteiger partial charge in [-0.2, -0.15) is 0 Å². The average molecular weight is 276 g/mol. The van der Waals surface area contributed by atoms with Gasteiger partial charge in [-0.1, -0.05) is 11.6 Å². The molecule has 0 spiro atoms. The van der Waals surface area contributed by atoms with Crippen molar-refractivity contribution >= 4 is 22.9 Å². The third-order valence-electron chi connectivity index (χ3n) is 2.94. The van der Waals surface area contributed by atoms with E-state index in [0.717, 1.165) is 23.7 Å². The number of nitrogens with one attached hydrogen (secondary N) is 1. The molecule has 3 nitrogen and oxygen atoms in total. The van der Waals surface area contributed by atoms with Crippen LogP contribution in [0.3, 0.4) is 0 Å². The molecule has 1 aliphatic rings. The molecule has 17 heavy (non-hydrogen) atoms. The zero-order chi connectivity index (χ0) is 12.1. The van der Waals surface area contributed by atoms with E-state index in [1.807, 2.05) is 0 Å². The molecular weight excluding hydrogens is 258 g/mol. The number of aryl methyl sites for hydroxylation is 1. The molecule has 2 rings (SSSR count). The molecule has 1 aromatic rings. The van der Waals surface area contributed by atoms with Crippen LogP contribution in [0.4, 0.5) is 0 Å². The third kappa shape index (κ3) is 3.66. The molecule has 0 saturated heterocycles. The number of hydrogen-bond donors (Lipinski definition) is 2. The van der Waals surface area contributed by atoms with Gasteiger partial charge in [0, 0.05) is 17.5 Å². The summed E-state index contributed by atoms with van der Waals surface area (Å²) >= 11 is 7.71. The summed E-state index contributed by atoms with van der Waals surface area (Å²) in [7, 11) is 0. The van der Waals surface area contributed by atoms with Gasteiger partial charge in [-0.25, -0.2) is 0 Å². The fraction of sp³-hybridized carbons (Fsp3) is 0.667. The standard InChI is InChI=1S/C12H18ClNO2S/c13-12-8-9-10(2-3-11(9)17-12)14-4-1-6-16-7-5-15/h8,10,14-15H,1-7H2. The number of hydrogen-bond acceptors (Lipinski definition) is 4. The molecule has 0 aliphatic heterocycles. The maximum Gasteiger partial charge on any atom is 0.0934 e. The van der Waals surface area contributed by atoms with Crippen LogP contribution in [0.1, 0.15) is 29.3 Å². The predicted octanol–water partition coefficient (Wildman–Crippen LogP) is 2.38. The topological polar surface area (TPSA) is 41.5 Å². The number of halogens is 1. The quantitative estimate of drug-likeness (QED) is 0.751. The first-order valence-corrected chi connectivity index (χ1v) is 7.21. The highest BCUT2D eigenvalue weighted by molar-refractivity contribution is 7.16. The Morgan fingerprint density at radius 1 is 1.53 bits per heavy atom. The highest BCUT2D eigenvalue weighted by Crippen LogP contribution is 2.39. The molecule has 1 aliphatic carbocycles. The Kier molecular flexibility index (Phi) is 5.25. The number of ether oxygens (including phenoxy) is 1. The fourth-order valence-corrected chi connectivity index (χ4v) is 3.52. The summed E-state index contributed by atoms with van der Waals surface area (Å²) in [6.07, 6.45) is 3.30. The van der Waals surface area contributed by atoms with Gasteiger partial charge in [-0.15, -0.1) is 11.3 Å². The number of thiophene rings is 1. The summed E-state index contributed by atoms with van der Waals surface area (Å²) < 4.78 is 6.11. The summed E-state index contributed by atoms with van der Waals surface area (Å²) in [4.78, 5) is 1.43. The van der Waals surface area contributed by atoms with Crippen LogP contribution >= 0.6 is 22.9 Å². The van der Waals surface area contributed by atoms with Crippen molar-refractivity contribution in [1.82, 2.24) is 5.32 Å². The fourth-order valence-electron chi connectivity index (χ4n) is 2.16. The van der Waals surface area contributed by atoms with E-state index >= 15 is 0 Å². The first kappa shape index (κ1) is 13.3. The zero-order valence-corrected chi connectivity index (χ0v) is 11.3. The highest BCUT2D eigenvalue weighted by Gasteiger charge is 2.24. The minimum absolute atomic E-state index is 0.104. The van der Waals surface area contributed by atoms with E-state index in [-0.39, 0.29) is 6.61 Å². The SMILES string of the molecule is OCCOCCCNC1CCc2sc(Cl)cc21. The Hall–Kier alpha value is -0.130. The molecule has 1 atom stereocenters. The van der Waals surface area contributed by atoms with Crippen LogP contribution < -0.4 is 5.32 Å². The molecule has 0 fully saturated rings. The molecule has 0 bridgehead atoms. The monoisotopic (exact) mass is 275 g/mol. The van der Waals surface area contributed by atoms with E-state index in [1.165, 1.54) is 16.9 Å². The maximum atomic E-state index is 8.55. The summed E-state index contributed by atoms with van der Waals surface area (Å²) in [6, 6.07) is 2.56. The van der Waals surface area contributed by atoms with Gasteiger partial charge in [0.1, 0.15) is 0 Å². The van der Waals surface area contributed by atoms with Gasteiger partial charge in [-0.3, -0.25) is 0 Å². The van der Waals surface area contributed by atoms with E-state index in [4.69, 9.17) is 21.4 Å². The predicted molar refractivity (Wildman–Crippen MR) is 70.9 cm³/mol. The normalized spacial score (nSPS) is 18.6. The minimum Gasteiger partial charge on any atom is -0.394 e. The molecule has 0 radical (unpaired) electrons. The van der Waals surface area contributed by atoms with Crippen LogP contribution in [0.15, 0.2) is 6.07 Å². The molecule has 96 valence electrons. The number of rotatable bonds is 7. The molecule has 1 unspecified atom stereocenters. The molecule has 0 aromatic carbocycles. The number of aliphatic hydroxyl groups is 1. The molecular formula is C12H18ClNO2S. The maximum absolute atomic E-state index is 8.55. The molecule has 1 heterocycles. The van der Waals surface area contributed by atoms with Crippen molar-refractivity contribution in [2.45, 2.75) is 25.3 Å². The Labute approximate surface area is 111 Å². The molecule has 2 N–H and O–H groups in total. The van der Waals surface area contributed by atoms with Gasteiger partial charge in [0.2, 0.25) is 0 Å². The van der Waals surface area contributed by atoms with Crippen molar-refractivity contribution < 1.29 is 9.84 Å². The molecule has 0 amide bonds. The van der Waals surface area contributed by atoms with E-state index in [9.17, 15) is 0 Å². The van der Waals surface area contributed by atoms with Crippen LogP contribution in [-0.4, -0.2) is 31.5 Å². The highest BCUT2D eigenvalue weighted by atomic mass is 35.5. The van der Waals surface area contributed by atoms with Gasteiger partial charge in [-0.05, 0) is 37.4 Å². The van der Waals surface area contributed by atoms with Gasteiger partial charge in [0.15, 0.2) is 0 Å². The summed E-state index contributed by atoms with van der Waals surface area (Å²) in [5, 5.41) is 12.1. The second-order valence-electron chi connectivity index (χ2n) is 4.16. The van der Waals surface area contributed by atoms with Crippen LogP contribution in [-0.2, 0) is 11.2 Å².